The standard InChI is InChI=1S/C14H19N5O/c1-9(2)19(7-10-5-3-4-6-11(10)15)13-12(16)14(20)18-8-17-13/h3-6,8-9H,7,15-16H2,1-2H3,(H,17,18,20). The average molecular weight is 273 g/mol. The van der Waals surface area contributed by atoms with Crippen molar-refractivity contribution in [2.45, 2.75) is 26.4 Å². The van der Waals surface area contributed by atoms with Gasteiger partial charge in [-0.15, -0.1) is 0 Å². The van der Waals surface area contributed by atoms with Crippen LogP contribution in [0.25, 0.3) is 0 Å². The molecule has 2 rings (SSSR count). The molecule has 20 heavy (non-hydrogen) atoms. The Morgan fingerprint density at radius 3 is 2.65 bits per heavy atom. The van der Waals surface area contributed by atoms with E-state index in [0.29, 0.717) is 18.1 Å². The van der Waals surface area contributed by atoms with Crippen LogP contribution in [0.5, 0.6) is 0 Å². The first-order chi connectivity index (χ1) is 9.50. The molecule has 0 amide bonds. The number of rotatable bonds is 4. The third-order valence-electron chi connectivity index (χ3n) is 3.16. The molecule has 0 atom stereocenters. The number of nitrogen functional groups attached to an aromatic ring is 2. The van der Waals surface area contributed by atoms with E-state index >= 15 is 0 Å². The summed E-state index contributed by atoms with van der Waals surface area (Å²) < 4.78 is 0. The lowest BCUT2D eigenvalue weighted by atomic mass is 10.1. The van der Waals surface area contributed by atoms with Crippen molar-refractivity contribution in [3.8, 4) is 0 Å². The Hall–Kier alpha value is -2.50. The Kier molecular flexibility index (Phi) is 3.93. The minimum Gasteiger partial charge on any atom is -0.398 e. The number of H-pyrrole nitrogens is 1. The first-order valence-electron chi connectivity index (χ1n) is 6.44. The van der Waals surface area contributed by atoms with Gasteiger partial charge in [-0.1, -0.05) is 18.2 Å². The largest absolute Gasteiger partial charge is 0.398 e. The summed E-state index contributed by atoms with van der Waals surface area (Å²) in [5.74, 6) is 0.479. The molecule has 2 aromatic rings. The molecule has 0 aliphatic heterocycles. The number of aromatic amines is 1. The van der Waals surface area contributed by atoms with E-state index in [1.807, 2.05) is 43.0 Å². The molecule has 0 aliphatic rings. The lowest BCUT2D eigenvalue weighted by Gasteiger charge is -2.29. The van der Waals surface area contributed by atoms with E-state index < -0.39 is 0 Å². The van der Waals surface area contributed by atoms with Gasteiger partial charge in [0.2, 0.25) is 0 Å². The quantitative estimate of drug-likeness (QED) is 0.730. The zero-order valence-corrected chi connectivity index (χ0v) is 11.6. The van der Waals surface area contributed by atoms with Crippen LogP contribution in [0, 0.1) is 0 Å². The van der Waals surface area contributed by atoms with Crippen molar-refractivity contribution in [3.63, 3.8) is 0 Å². The Bertz CT molecular complexity index is 650. The van der Waals surface area contributed by atoms with Gasteiger partial charge in [-0.3, -0.25) is 4.79 Å². The van der Waals surface area contributed by atoms with Crippen molar-refractivity contribution in [1.82, 2.24) is 9.97 Å². The van der Waals surface area contributed by atoms with Crippen molar-refractivity contribution in [2.24, 2.45) is 0 Å². The topological polar surface area (TPSA) is 101 Å². The minimum atomic E-state index is -0.332. The van der Waals surface area contributed by atoms with Gasteiger partial charge in [-0.25, -0.2) is 4.98 Å². The molecule has 0 saturated carbocycles. The summed E-state index contributed by atoms with van der Waals surface area (Å²) in [6, 6.07) is 7.75. The smallest absolute Gasteiger partial charge is 0.276 e. The lowest BCUT2D eigenvalue weighted by molar-refractivity contribution is 0.672. The first kappa shape index (κ1) is 13.9. The van der Waals surface area contributed by atoms with Gasteiger partial charge in [0, 0.05) is 18.3 Å². The van der Waals surface area contributed by atoms with Gasteiger partial charge in [0.25, 0.3) is 5.56 Å². The average Bonchev–Trinajstić information content (AvgIpc) is 2.41. The summed E-state index contributed by atoms with van der Waals surface area (Å²) >= 11 is 0. The van der Waals surface area contributed by atoms with E-state index in [-0.39, 0.29) is 17.3 Å². The van der Waals surface area contributed by atoms with E-state index in [0.717, 1.165) is 5.56 Å². The number of nitrogens with two attached hydrogens (primary N) is 2. The second-order valence-electron chi connectivity index (χ2n) is 4.89. The number of nitrogens with zero attached hydrogens (tertiary/aromatic N) is 2. The van der Waals surface area contributed by atoms with Crippen LogP contribution in [-0.2, 0) is 6.54 Å². The summed E-state index contributed by atoms with van der Waals surface area (Å²) in [6.07, 6.45) is 1.36. The summed E-state index contributed by atoms with van der Waals surface area (Å²) in [7, 11) is 0. The predicted octanol–water partition coefficient (Wildman–Crippen LogP) is 1.35. The Morgan fingerprint density at radius 1 is 1.30 bits per heavy atom. The number of benzene rings is 1. The number of hydrogen-bond donors (Lipinski definition) is 3. The number of nitrogens with one attached hydrogen (secondary N) is 1. The molecule has 1 aromatic heterocycles. The van der Waals surface area contributed by atoms with Crippen LogP contribution in [0.4, 0.5) is 17.2 Å². The molecule has 0 spiro atoms. The molecule has 1 aromatic carbocycles. The number of hydrogen-bond acceptors (Lipinski definition) is 5. The van der Waals surface area contributed by atoms with E-state index in [1.165, 1.54) is 6.33 Å². The molecule has 106 valence electrons. The van der Waals surface area contributed by atoms with Crippen LogP contribution in [-0.4, -0.2) is 16.0 Å². The number of aromatic nitrogens is 2. The zero-order chi connectivity index (χ0) is 14.7. The van der Waals surface area contributed by atoms with E-state index in [2.05, 4.69) is 9.97 Å². The highest BCUT2D eigenvalue weighted by molar-refractivity contribution is 5.62. The van der Waals surface area contributed by atoms with Crippen molar-refractivity contribution in [1.29, 1.82) is 0 Å². The van der Waals surface area contributed by atoms with Crippen molar-refractivity contribution in [3.05, 3.63) is 46.5 Å². The SMILES string of the molecule is CC(C)N(Cc1ccccc1N)c1nc[nH]c(=O)c1N. The normalized spacial score (nSPS) is 10.8. The van der Waals surface area contributed by atoms with Gasteiger partial charge in [-0.05, 0) is 25.5 Å². The molecule has 0 fully saturated rings. The maximum absolute atomic E-state index is 11.6. The van der Waals surface area contributed by atoms with Crippen LogP contribution in [0.15, 0.2) is 35.4 Å². The molecule has 1 heterocycles. The first-order valence-corrected chi connectivity index (χ1v) is 6.44. The van der Waals surface area contributed by atoms with E-state index in [9.17, 15) is 4.79 Å². The fourth-order valence-electron chi connectivity index (χ4n) is 1.99. The monoisotopic (exact) mass is 273 g/mol. The van der Waals surface area contributed by atoms with Gasteiger partial charge in [0.15, 0.2) is 5.82 Å². The van der Waals surface area contributed by atoms with Crippen LogP contribution in [0.1, 0.15) is 19.4 Å². The van der Waals surface area contributed by atoms with Crippen molar-refractivity contribution < 1.29 is 0 Å². The fraction of sp³-hybridized carbons (Fsp3) is 0.286. The van der Waals surface area contributed by atoms with E-state index in [4.69, 9.17) is 11.5 Å². The summed E-state index contributed by atoms with van der Waals surface area (Å²) in [6.45, 7) is 4.58. The molecule has 0 saturated heterocycles. The second-order valence-corrected chi connectivity index (χ2v) is 4.89. The van der Waals surface area contributed by atoms with Crippen LogP contribution in [0.2, 0.25) is 0 Å². The molecular weight excluding hydrogens is 254 g/mol. The van der Waals surface area contributed by atoms with Crippen LogP contribution < -0.4 is 21.9 Å². The molecule has 6 nitrogen and oxygen atoms in total. The summed E-state index contributed by atoms with van der Waals surface area (Å²) in [5, 5.41) is 0. The predicted molar refractivity (Wildman–Crippen MR) is 81.4 cm³/mol. The van der Waals surface area contributed by atoms with Gasteiger partial charge in [0.1, 0.15) is 5.69 Å². The third kappa shape index (κ3) is 2.74. The number of anilines is 3. The molecule has 6 heteroatoms. The number of para-hydroxylation sites is 1. The molecule has 0 bridgehead atoms. The highest BCUT2D eigenvalue weighted by Gasteiger charge is 2.17. The third-order valence-corrected chi connectivity index (χ3v) is 3.16. The van der Waals surface area contributed by atoms with Gasteiger partial charge >= 0.3 is 0 Å². The summed E-state index contributed by atoms with van der Waals surface area (Å²) in [4.78, 5) is 20.2. The second kappa shape index (κ2) is 5.64. The summed E-state index contributed by atoms with van der Waals surface area (Å²) in [5.41, 5.74) is 13.3. The molecule has 0 radical (unpaired) electrons. The Morgan fingerprint density at radius 2 is 2.00 bits per heavy atom. The molecule has 0 unspecified atom stereocenters. The van der Waals surface area contributed by atoms with Crippen LogP contribution >= 0.6 is 0 Å². The Labute approximate surface area is 117 Å². The van der Waals surface area contributed by atoms with Gasteiger partial charge in [-0.2, -0.15) is 0 Å². The van der Waals surface area contributed by atoms with Gasteiger partial charge < -0.3 is 21.4 Å². The highest BCUT2D eigenvalue weighted by atomic mass is 16.1. The highest BCUT2D eigenvalue weighted by Crippen LogP contribution is 2.23. The van der Waals surface area contributed by atoms with Crippen molar-refractivity contribution in [2.75, 3.05) is 16.4 Å². The zero-order valence-electron chi connectivity index (χ0n) is 11.6. The molecule has 5 N–H and O–H groups in total. The maximum Gasteiger partial charge on any atom is 0.276 e. The van der Waals surface area contributed by atoms with Gasteiger partial charge in [0.05, 0.1) is 6.33 Å². The van der Waals surface area contributed by atoms with Crippen LogP contribution in [0.3, 0.4) is 0 Å². The van der Waals surface area contributed by atoms with E-state index in [1.54, 1.807) is 0 Å². The maximum atomic E-state index is 11.6. The lowest BCUT2D eigenvalue weighted by Crippen LogP contribution is -2.33. The van der Waals surface area contributed by atoms with Crippen molar-refractivity contribution >= 4 is 17.2 Å². The molecular formula is C14H19N5O. The molecule has 0 aliphatic carbocycles. The minimum absolute atomic E-state index is 0.121. The fourth-order valence-corrected chi connectivity index (χ4v) is 1.99. The Balaban J connectivity index is 2.40.